The second-order valence-corrected chi connectivity index (χ2v) is 11.1. The highest BCUT2D eigenvalue weighted by Crippen LogP contribution is 2.30. The van der Waals surface area contributed by atoms with Crippen LogP contribution in [0.2, 0.25) is 0 Å². The topological polar surface area (TPSA) is 94.9 Å². The van der Waals surface area contributed by atoms with E-state index in [0.717, 1.165) is 17.5 Å². The molecule has 168 valence electrons. The second-order valence-electron chi connectivity index (χ2n) is 8.30. The van der Waals surface area contributed by atoms with Gasteiger partial charge in [-0.2, -0.15) is 9.41 Å². The molecular formula is C23H26N4O3S2. The average molecular weight is 471 g/mol. The van der Waals surface area contributed by atoms with Gasteiger partial charge in [0.1, 0.15) is 5.75 Å². The first kappa shape index (κ1) is 22.4. The third-order valence-corrected chi connectivity index (χ3v) is 7.95. The molecular weight excluding hydrogens is 444 g/mol. The molecule has 1 saturated heterocycles. The van der Waals surface area contributed by atoms with Crippen molar-refractivity contribution in [3.8, 4) is 17.0 Å². The number of rotatable bonds is 6. The fourth-order valence-electron chi connectivity index (χ4n) is 3.95. The van der Waals surface area contributed by atoms with Crippen LogP contribution >= 0.6 is 11.3 Å². The first-order valence-electron chi connectivity index (χ1n) is 10.5. The Kier molecular flexibility index (Phi) is 6.59. The molecule has 9 heteroatoms. The first-order chi connectivity index (χ1) is 15.3. The van der Waals surface area contributed by atoms with Crippen molar-refractivity contribution in [1.82, 2.24) is 9.29 Å². The number of aromatic nitrogens is 1. The number of hydrogen-bond acceptors (Lipinski definition) is 7. The maximum Gasteiger partial charge on any atom is 0.243 e. The van der Waals surface area contributed by atoms with Crippen LogP contribution in [0.3, 0.4) is 0 Å². The summed E-state index contributed by atoms with van der Waals surface area (Å²) < 4.78 is 28.1. The maximum atomic E-state index is 13.2. The van der Waals surface area contributed by atoms with Crippen molar-refractivity contribution in [2.75, 3.05) is 18.5 Å². The predicted molar refractivity (Wildman–Crippen MR) is 129 cm³/mol. The van der Waals surface area contributed by atoms with E-state index in [0.29, 0.717) is 40.6 Å². The van der Waals surface area contributed by atoms with Crippen LogP contribution in [0.4, 0.5) is 5.13 Å². The summed E-state index contributed by atoms with van der Waals surface area (Å²) in [4.78, 5) is 4.83. The molecule has 4 rings (SSSR count). The molecule has 1 aliphatic heterocycles. The number of hydrazone groups is 1. The molecule has 0 amide bonds. The summed E-state index contributed by atoms with van der Waals surface area (Å²) in [6, 6.07) is 13.7. The Morgan fingerprint density at radius 1 is 1.16 bits per heavy atom. The Hall–Kier alpha value is -2.75. The van der Waals surface area contributed by atoms with Gasteiger partial charge in [-0.3, -0.25) is 5.43 Å². The molecule has 0 saturated carbocycles. The van der Waals surface area contributed by atoms with E-state index in [1.165, 1.54) is 11.3 Å². The van der Waals surface area contributed by atoms with Gasteiger partial charge in [-0.05, 0) is 60.2 Å². The fourth-order valence-corrected chi connectivity index (χ4v) is 6.34. The van der Waals surface area contributed by atoms with Gasteiger partial charge < -0.3 is 5.11 Å². The minimum atomic E-state index is -3.55. The summed E-state index contributed by atoms with van der Waals surface area (Å²) in [6.45, 7) is 5.31. The molecule has 32 heavy (non-hydrogen) atoms. The zero-order valence-corrected chi connectivity index (χ0v) is 19.6. The summed E-state index contributed by atoms with van der Waals surface area (Å²) in [7, 11) is -3.55. The van der Waals surface area contributed by atoms with Crippen molar-refractivity contribution < 1.29 is 13.5 Å². The Labute approximate surface area is 192 Å². The lowest BCUT2D eigenvalue weighted by atomic mass is 9.94. The highest BCUT2D eigenvalue weighted by molar-refractivity contribution is 7.89. The van der Waals surface area contributed by atoms with Crippen LogP contribution < -0.4 is 5.43 Å². The molecule has 3 aromatic rings. The van der Waals surface area contributed by atoms with E-state index in [9.17, 15) is 13.5 Å². The Balaban J connectivity index is 1.49. The number of piperidine rings is 1. The number of nitrogens with zero attached hydrogens (tertiary/aromatic N) is 3. The van der Waals surface area contributed by atoms with E-state index in [4.69, 9.17) is 0 Å². The summed E-state index contributed by atoms with van der Waals surface area (Å²) in [6.07, 6.45) is 2.68. The Morgan fingerprint density at radius 2 is 1.88 bits per heavy atom. The van der Waals surface area contributed by atoms with Crippen LogP contribution in [0.25, 0.3) is 11.3 Å². The van der Waals surface area contributed by atoms with Gasteiger partial charge in [0.2, 0.25) is 15.2 Å². The molecule has 2 N–H and O–H groups in total. The van der Waals surface area contributed by atoms with E-state index in [1.54, 1.807) is 53.0 Å². The van der Waals surface area contributed by atoms with Crippen LogP contribution in [-0.2, 0) is 10.0 Å². The molecule has 7 nitrogen and oxygen atoms in total. The molecule has 1 fully saturated rings. The van der Waals surface area contributed by atoms with Crippen molar-refractivity contribution in [2.45, 2.75) is 25.2 Å². The summed E-state index contributed by atoms with van der Waals surface area (Å²) in [5.74, 6) is 0.908. The van der Waals surface area contributed by atoms with Gasteiger partial charge in [0, 0.05) is 24.0 Å². The highest BCUT2D eigenvalue weighted by Gasteiger charge is 2.31. The van der Waals surface area contributed by atoms with Gasteiger partial charge in [-0.25, -0.2) is 13.4 Å². The number of phenolic OH excluding ortho intramolecular Hbond substituents is 1. The number of benzene rings is 2. The summed E-state index contributed by atoms with van der Waals surface area (Å²) in [5, 5.41) is 16.0. The maximum absolute atomic E-state index is 13.2. The molecule has 0 radical (unpaired) electrons. The van der Waals surface area contributed by atoms with Gasteiger partial charge in [0.25, 0.3) is 0 Å². The second kappa shape index (κ2) is 9.40. The molecule has 0 aliphatic carbocycles. The van der Waals surface area contributed by atoms with Crippen LogP contribution in [0.1, 0.15) is 25.8 Å². The summed E-state index contributed by atoms with van der Waals surface area (Å²) >= 11 is 1.39. The first-order valence-corrected chi connectivity index (χ1v) is 12.8. The third-order valence-electron chi connectivity index (χ3n) is 5.37. The largest absolute Gasteiger partial charge is 0.508 e. The minimum absolute atomic E-state index is 0.202. The zero-order chi connectivity index (χ0) is 22.7. The van der Waals surface area contributed by atoms with Crippen molar-refractivity contribution in [3.05, 3.63) is 59.5 Å². The van der Waals surface area contributed by atoms with Gasteiger partial charge in [-0.1, -0.05) is 26.0 Å². The molecule has 0 spiro atoms. The number of sulfonamides is 1. The number of phenols is 1. The Bertz CT molecular complexity index is 1200. The predicted octanol–water partition coefficient (Wildman–Crippen LogP) is 4.63. The SMILES string of the molecule is CC1CC(C)CN(S(=O)(=O)c2cccc(-c3csc(N/N=C/c4ccc(O)cc4)n3)c2)C1. The normalized spacial score (nSPS) is 19.9. The summed E-state index contributed by atoms with van der Waals surface area (Å²) in [5.41, 5.74) is 5.17. The average Bonchev–Trinajstić information content (AvgIpc) is 3.23. The zero-order valence-electron chi connectivity index (χ0n) is 18.0. The monoisotopic (exact) mass is 470 g/mol. The molecule has 2 heterocycles. The Morgan fingerprint density at radius 3 is 2.59 bits per heavy atom. The molecule has 1 aromatic heterocycles. The van der Waals surface area contributed by atoms with E-state index >= 15 is 0 Å². The van der Waals surface area contributed by atoms with Gasteiger partial charge in [0.05, 0.1) is 16.8 Å². The standard InChI is InChI=1S/C23H26N4O3S2/c1-16-10-17(2)14-27(13-16)32(29,30)21-5-3-4-19(11-21)22-15-31-23(25-22)26-24-12-18-6-8-20(28)9-7-18/h3-9,11-12,15-17,28H,10,13-14H2,1-2H3,(H,25,26)/b24-12+. The van der Waals surface area contributed by atoms with Crippen LogP contribution in [0.15, 0.2) is 63.9 Å². The highest BCUT2D eigenvalue weighted by atomic mass is 32.2. The number of hydrogen-bond donors (Lipinski definition) is 2. The van der Waals surface area contributed by atoms with E-state index in [2.05, 4.69) is 29.4 Å². The van der Waals surface area contributed by atoms with Crippen LogP contribution in [0.5, 0.6) is 5.75 Å². The quantitative estimate of drug-likeness (QED) is 0.405. The smallest absolute Gasteiger partial charge is 0.243 e. The van der Waals surface area contributed by atoms with E-state index in [-0.39, 0.29) is 5.75 Å². The van der Waals surface area contributed by atoms with Gasteiger partial charge >= 0.3 is 0 Å². The van der Waals surface area contributed by atoms with Crippen molar-refractivity contribution in [3.63, 3.8) is 0 Å². The van der Waals surface area contributed by atoms with Crippen molar-refractivity contribution in [1.29, 1.82) is 0 Å². The molecule has 2 atom stereocenters. The molecule has 2 unspecified atom stereocenters. The fraction of sp³-hybridized carbons (Fsp3) is 0.304. The molecule has 2 aromatic carbocycles. The van der Waals surface area contributed by atoms with E-state index in [1.807, 2.05) is 11.4 Å². The van der Waals surface area contributed by atoms with Crippen LogP contribution in [0, 0.1) is 11.8 Å². The van der Waals surface area contributed by atoms with Crippen LogP contribution in [-0.4, -0.2) is 42.1 Å². The number of thiazole rings is 1. The van der Waals surface area contributed by atoms with Crippen molar-refractivity contribution >= 4 is 32.7 Å². The van der Waals surface area contributed by atoms with Gasteiger partial charge in [-0.15, -0.1) is 11.3 Å². The third kappa shape index (κ3) is 5.17. The molecule has 1 aliphatic rings. The van der Waals surface area contributed by atoms with E-state index < -0.39 is 10.0 Å². The number of anilines is 1. The lowest BCUT2D eigenvalue weighted by Crippen LogP contribution is -2.42. The lowest BCUT2D eigenvalue weighted by molar-refractivity contribution is 0.222. The van der Waals surface area contributed by atoms with Crippen molar-refractivity contribution in [2.24, 2.45) is 16.9 Å². The molecule has 0 bridgehead atoms. The van der Waals surface area contributed by atoms with Gasteiger partial charge in [0.15, 0.2) is 0 Å². The minimum Gasteiger partial charge on any atom is -0.508 e. The number of nitrogens with one attached hydrogen (secondary N) is 1. The lowest BCUT2D eigenvalue weighted by Gasteiger charge is -2.34. The number of aromatic hydroxyl groups is 1.